The fourth-order valence-corrected chi connectivity index (χ4v) is 3.83. The van der Waals surface area contributed by atoms with Crippen LogP contribution in [0.5, 0.6) is 0 Å². The van der Waals surface area contributed by atoms with Crippen molar-refractivity contribution in [2.24, 2.45) is 5.92 Å². The average Bonchev–Trinajstić information content (AvgIpc) is 3.05. The predicted molar refractivity (Wildman–Crippen MR) is 95.2 cm³/mol. The van der Waals surface area contributed by atoms with E-state index in [0.29, 0.717) is 11.6 Å². The second-order valence-corrected chi connectivity index (χ2v) is 7.27. The summed E-state index contributed by atoms with van der Waals surface area (Å²) < 4.78 is 0. The fraction of sp³-hybridized carbons (Fsp3) is 0.526. The number of H-pyrrole nitrogens is 1. The number of carbonyl (C=O) groups excluding carboxylic acids is 1. The molecule has 2 aromatic rings. The van der Waals surface area contributed by atoms with Gasteiger partial charge in [-0.1, -0.05) is 13.0 Å². The summed E-state index contributed by atoms with van der Waals surface area (Å²) in [6, 6.07) is 6.00. The monoisotopic (exact) mass is 339 g/mol. The molecule has 0 spiro atoms. The zero-order chi connectivity index (χ0) is 17.2. The number of hydrogen-bond donors (Lipinski definition) is 1. The molecule has 1 unspecified atom stereocenters. The molecule has 0 radical (unpaired) electrons. The lowest BCUT2D eigenvalue weighted by Crippen LogP contribution is -2.48. The Morgan fingerprint density at radius 1 is 1.28 bits per heavy atom. The van der Waals surface area contributed by atoms with E-state index in [1.54, 1.807) is 0 Å². The number of nitrogens with zero attached hydrogens (tertiary/aromatic N) is 4. The van der Waals surface area contributed by atoms with Gasteiger partial charge in [-0.2, -0.15) is 5.10 Å². The summed E-state index contributed by atoms with van der Waals surface area (Å²) >= 11 is 0. The van der Waals surface area contributed by atoms with Crippen molar-refractivity contribution in [2.45, 2.75) is 32.7 Å². The molecular formula is C19H25N5O. The maximum Gasteiger partial charge on any atom is 0.274 e. The maximum absolute atomic E-state index is 12.9. The van der Waals surface area contributed by atoms with Gasteiger partial charge in [0.1, 0.15) is 0 Å². The number of aromatic nitrogens is 3. The highest BCUT2D eigenvalue weighted by Crippen LogP contribution is 2.27. The highest BCUT2D eigenvalue weighted by Gasteiger charge is 2.29. The minimum atomic E-state index is 0.0871. The van der Waals surface area contributed by atoms with E-state index in [4.69, 9.17) is 0 Å². The van der Waals surface area contributed by atoms with Crippen LogP contribution in [0.3, 0.4) is 0 Å². The molecule has 1 atom stereocenters. The van der Waals surface area contributed by atoms with Crippen LogP contribution in [-0.4, -0.2) is 57.1 Å². The van der Waals surface area contributed by atoms with Gasteiger partial charge in [0.25, 0.3) is 5.91 Å². The molecule has 132 valence electrons. The smallest absolute Gasteiger partial charge is 0.274 e. The van der Waals surface area contributed by atoms with Crippen LogP contribution in [0.25, 0.3) is 0 Å². The van der Waals surface area contributed by atoms with Gasteiger partial charge in [0.05, 0.1) is 5.69 Å². The molecule has 0 saturated carbocycles. The summed E-state index contributed by atoms with van der Waals surface area (Å²) in [7, 11) is 0. The topological polar surface area (TPSA) is 65.1 Å². The van der Waals surface area contributed by atoms with Crippen LogP contribution in [0, 0.1) is 5.92 Å². The molecule has 6 nitrogen and oxygen atoms in total. The number of amides is 1. The van der Waals surface area contributed by atoms with E-state index in [2.05, 4.69) is 33.1 Å². The summed E-state index contributed by atoms with van der Waals surface area (Å²) in [6.45, 7) is 6.36. The van der Waals surface area contributed by atoms with Crippen LogP contribution in [0.15, 0.2) is 24.4 Å². The van der Waals surface area contributed by atoms with Crippen LogP contribution in [0.4, 0.5) is 0 Å². The fourth-order valence-electron chi connectivity index (χ4n) is 3.83. The van der Waals surface area contributed by atoms with Crippen LogP contribution in [0.1, 0.15) is 40.8 Å². The Hall–Kier alpha value is -2.21. The Bertz CT molecular complexity index is 734. The Morgan fingerprint density at radius 2 is 2.12 bits per heavy atom. The maximum atomic E-state index is 12.9. The summed E-state index contributed by atoms with van der Waals surface area (Å²) in [4.78, 5) is 21.6. The molecule has 4 rings (SSSR count). The van der Waals surface area contributed by atoms with Crippen LogP contribution in [0.2, 0.25) is 0 Å². The minimum Gasteiger partial charge on any atom is -0.335 e. The standard InChI is InChI=1S/C19H25N5O/c1-14-5-6-17-16(12-14)18(22-21-17)19(25)24-10-8-23(9-11-24)13-15-4-2-3-7-20-15/h2-4,7,14H,5-6,8-13H2,1H3,(H,21,22). The zero-order valence-corrected chi connectivity index (χ0v) is 14.7. The van der Waals surface area contributed by atoms with Crippen molar-refractivity contribution in [2.75, 3.05) is 26.2 Å². The van der Waals surface area contributed by atoms with E-state index in [0.717, 1.165) is 62.5 Å². The van der Waals surface area contributed by atoms with Crippen molar-refractivity contribution in [3.63, 3.8) is 0 Å². The Balaban J connectivity index is 1.38. The predicted octanol–water partition coefficient (Wildman–Crippen LogP) is 1.89. The molecule has 6 heteroatoms. The second kappa shape index (κ2) is 6.96. The van der Waals surface area contributed by atoms with Crippen LogP contribution in [-0.2, 0) is 19.4 Å². The lowest BCUT2D eigenvalue weighted by atomic mass is 9.87. The number of pyridine rings is 1. The average molecular weight is 339 g/mol. The number of rotatable bonds is 3. The van der Waals surface area contributed by atoms with Gasteiger partial charge in [0.15, 0.2) is 5.69 Å². The number of aromatic amines is 1. The van der Waals surface area contributed by atoms with Crippen molar-refractivity contribution in [1.29, 1.82) is 0 Å². The Morgan fingerprint density at radius 3 is 2.88 bits per heavy atom. The number of fused-ring (bicyclic) bond motifs is 1. The third kappa shape index (κ3) is 3.44. The Kier molecular flexibility index (Phi) is 4.53. The van der Waals surface area contributed by atoms with Gasteiger partial charge in [0.2, 0.25) is 0 Å². The molecular weight excluding hydrogens is 314 g/mol. The zero-order valence-electron chi connectivity index (χ0n) is 14.7. The van der Waals surface area contributed by atoms with E-state index >= 15 is 0 Å². The number of piperazine rings is 1. The SMILES string of the molecule is CC1CCc2[nH]nc(C(=O)N3CCN(Cc4ccccn4)CC3)c2C1. The highest BCUT2D eigenvalue weighted by atomic mass is 16.2. The Labute approximate surface area is 148 Å². The normalized spacial score (nSPS) is 21.2. The van der Waals surface area contributed by atoms with Crippen molar-refractivity contribution in [3.05, 3.63) is 47.0 Å². The first-order chi connectivity index (χ1) is 12.2. The third-order valence-electron chi connectivity index (χ3n) is 5.37. The lowest BCUT2D eigenvalue weighted by molar-refractivity contribution is 0.0620. The molecule has 2 aliphatic rings. The largest absolute Gasteiger partial charge is 0.335 e. The van der Waals surface area contributed by atoms with Gasteiger partial charge >= 0.3 is 0 Å². The number of aryl methyl sites for hydroxylation is 1. The van der Waals surface area contributed by atoms with E-state index < -0.39 is 0 Å². The summed E-state index contributed by atoms with van der Waals surface area (Å²) in [6.07, 6.45) is 4.98. The lowest BCUT2D eigenvalue weighted by Gasteiger charge is -2.34. The van der Waals surface area contributed by atoms with E-state index in [1.165, 1.54) is 6.42 Å². The molecule has 1 saturated heterocycles. The molecule has 1 amide bonds. The molecule has 0 bridgehead atoms. The molecule has 1 aliphatic carbocycles. The van der Waals surface area contributed by atoms with Crippen molar-refractivity contribution < 1.29 is 4.79 Å². The van der Waals surface area contributed by atoms with Crippen LogP contribution < -0.4 is 0 Å². The van der Waals surface area contributed by atoms with Gasteiger partial charge in [-0.15, -0.1) is 0 Å². The van der Waals surface area contributed by atoms with Gasteiger partial charge in [0, 0.05) is 50.2 Å². The molecule has 1 N–H and O–H groups in total. The first kappa shape index (κ1) is 16.3. The van der Waals surface area contributed by atoms with E-state index in [1.807, 2.05) is 23.2 Å². The number of nitrogens with one attached hydrogen (secondary N) is 1. The van der Waals surface area contributed by atoms with Crippen molar-refractivity contribution >= 4 is 5.91 Å². The van der Waals surface area contributed by atoms with Gasteiger partial charge in [-0.3, -0.25) is 19.8 Å². The van der Waals surface area contributed by atoms with Gasteiger partial charge in [-0.25, -0.2) is 0 Å². The highest BCUT2D eigenvalue weighted by molar-refractivity contribution is 5.94. The first-order valence-corrected chi connectivity index (χ1v) is 9.18. The van der Waals surface area contributed by atoms with Gasteiger partial charge in [-0.05, 0) is 37.3 Å². The molecule has 1 aliphatic heterocycles. The van der Waals surface area contributed by atoms with E-state index in [-0.39, 0.29) is 5.91 Å². The van der Waals surface area contributed by atoms with Gasteiger partial charge < -0.3 is 4.90 Å². The van der Waals surface area contributed by atoms with E-state index in [9.17, 15) is 4.79 Å². The van der Waals surface area contributed by atoms with Crippen LogP contribution >= 0.6 is 0 Å². The number of carbonyl (C=O) groups is 1. The second-order valence-electron chi connectivity index (χ2n) is 7.27. The molecule has 2 aromatic heterocycles. The summed E-state index contributed by atoms with van der Waals surface area (Å²) in [5.41, 5.74) is 4.05. The van der Waals surface area contributed by atoms with Crippen molar-refractivity contribution in [3.8, 4) is 0 Å². The minimum absolute atomic E-state index is 0.0871. The summed E-state index contributed by atoms with van der Waals surface area (Å²) in [5.74, 6) is 0.718. The quantitative estimate of drug-likeness (QED) is 0.927. The number of hydrogen-bond acceptors (Lipinski definition) is 4. The molecule has 0 aromatic carbocycles. The van der Waals surface area contributed by atoms with Crippen molar-refractivity contribution in [1.82, 2.24) is 25.0 Å². The summed E-state index contributed by atoms with van der Waals surface area (Å²) in [5, 5.41) is 7.45. The third-order valence-corrected chi connectivity index (χ3v) is 5.37. The molecule has 25 heavy (non-hydrogen) atoms. The first-order valence-electron chi connectivity index (χ1n) is 9.18. The molecule has 1 fully saturated rings. The molecule has 3 heterocycles.